The van der Waals surface area contributed by atoms with E-state index >= 15 is 0 Å². The Balaban J connectivity index is 1.73. The second kappa shape index (κ2) is 6.94. The monoisotopic (exact) mass is 382 g/mol. The van der Waals surface area contributed by atoms with E-state index in [-0.39, 0.29) is 11.5 Å². The Morgan fingerprint density at radius 3 is 2.66 bits per heavy atom. The zero-order chi connectivity index (χ0) is 20.0. The fourth-order valence-electron chi connectivity index (χ4n) is 5.47. The summed E-state index contributed by atoms with van der Waals surface area (Å²) in [6, 6.07) is 18.8. The van der Waals surface area contributed by atoms with E-state index in [2.05, 4.69) is 37.0 Å². The zero-order valence-electron chi connectivity index (χ0n) is 17.0. The van der Waals surface area contributed by atoms with Crippen LogP contribution in [-0.4, -0.2) is 18.3 Å². The summed E-state index contributed by atoms with van der Waals surface area (Å²) < 4.78 is 5.53. The third-order valence-electron chi connectivity index (χ3n) is 6.98. The van der Waals surface area contributed by atoms with Gasteiger partial charge in [-0.25, -0.2) is 0 Å². The van der Waals surface area contributed by atoms with Gasteiger partial charge in [-0.2, -0.15) is 0 Å². The summed E-state index contributed by atoms with van der Waals surface area (Å²) >= 11 is 0. The van der Waals surface area contributed by atoms with Crippen molar-refractivity contribution in [3.63, 3.8) is 0 Å². The Bertz CT molecular complexity index is 1140. The van der Waals surface area contributed by atoms with Crippen LogP contribution in [0.4, 0.5) is 0 Å². The first kappa shape index (κ1) is 18.3. The average molecular weight is 383 g/mol. The van der Waals surface area contributed by atoms with Crippen LogP contribution in [0.3, 0.4) is 0 Å². The van der Waals surface area contributed by atoms with Crippen LogP contribution in [-0.2, 0) is 6.42 Å². The molecule has 0 amide bonds. The molecule has 0 radical (unpaired) electrons. The summed E-state index contributed by atoms with van der Waals surface area (Å²) in [5, 5.41) is 12.9. The lowest BCUT2D eigenvalue weighted by molar-refractivity contribution is 0.159. The molecule has 5 rings (SSSR count). The average Bonchev–Trinajstić information content (AvgIpc) is 3.06. The number of hydrogen-bond donors (Lipinski definition) is 1. The number of benzene rings is 3. The minimum Gasteiger partial charge on any atom is -0.497 e. The topological polar surface area (TPSA) is 29.5 Å². The fourth-order valence-corrected chi connectivity index (χ4v) is 5.47. The largest absolute Gasteiger partial charge is 0.497 e. The zero-order valence-corrected chi connectivity index (χ0v) is 17.0. The first-order chi connectivity index (χ1) is 14.1. The second-order valence-corrected chi connectivity index (χ2v) is 8.82. The van der Waals surface area contributed by atoms with Crippen molar-refractivity contribution in [3.8, 4) is 17.6 Å². The number of fused-ring (bicyclic) bond motifs is 5. The van der Waals surface area contributed by atoms with Gasteiger partial charge in [-0.1, -0.05) is 37.0 Å². The SMILES string of the molecule is COc1ccc2c(C#Cc3ccccc3)cc3c(c2c1)CCC1(C)CC(O)CC31. The summed E-state index contributed by atoms with van der Waals surface area (Å²) in [5.41, 5.74) is 5.07. The van der Waals surface area contributed by atoms with Crippen molar-refractivity contribution in [3.05, 3.63) is 76.9 Å². The lowest BCUT2D eigenvalue weighted by atomic mass is 9.66. The van der Waals surface area contributed by atoms with Gasteiger partial charge in [0.2, 0.25) is 0 Å². The van der Waals surface area contributed by atoms with Crippen LogP contribution < -0.4 is 4.74 Å². The molecule has 1 fully saturated rings. The Morgan fingerprint density at radius 1 is 1.03 bits per heavy atom. The molecule has 0 saturated heterocycles. The van der Waals surface area contributed by atoms with E-state index in [0.29, 0.717) is 5.92 Å². The molecule has 2 nitrogen and oxygen atoms in total. The lowest BCUT2D eigenvalue weighted by Crippen LogP contribution is -2.27. The highest BCUT2D eigenvalue weighted by Gasteiger charge is 2.47. The van der Waals surface area contributed by atoms with Crippen molar-refractivity contribution in [1.82, 2.24) is 0 Å². The minimum atomic E-state index is -0.198. The Hall–Kier alpha value is -2.76. The number of aliphatic hydroxyl groups is 1. The lowest BCUT2D eigenvalue weighted by Gasteiger charge is -2.38. The highest BCUT2D eigenvalue weighted by molar-refractivity contribution is 5.93. The molecule has 2 aliphatic carbocycles. The molecule has 3 aromatic rings. The number of hydrogen-bond acceptors (Lipinski definition) is 2. The standard InChI is InChI=1S/C27H26O2/c1-27-13-12-23-24-16-21(29-2)10-11-22(24)19(9-8-18-6-4-3-5-7-18)14-25(23)26(27)15-20(28)17-27/h3-7,10-11,14,16,20,26,28H,12-13,15,17H2,1-2H3. The van der Waals surface area contributed by atoms with E-state index in [4.69, 9.17) is 4.74 Å². The van der Waals surface area contributed by atoms with Gasteiger partial charge in [0.25, 0.3) is 0 Å². The van der Waals surface area contributed by atoms with E-state index in [1.165, 1.54) is 21.9 Å². The van der Waals surface area contributed by atoms with Crippen molar-refractivity contribution in [2.45, 2.75) is 44.6 Å². The summed E-state index contributed by atoms with van der Waals surface area (Å²) in [5.74, 6) is 8.06. The van der Waals surface area contributed by atoms with Gasteiger partial charge in [0.1, 0.15) is 5.75 Å². The Labute approximate surface area is 172 Å². The molecule has 2 aliphatic rings. The molecule has 3 unspecified atom stereocenters. The van der Waals surface area contributed by atoms with Crippen LogP contribution in [0.15, 0.2) is 54.6 Å². The first-order valence-corrected chi connectivity index (χ1v) is 10.5. The van der Waals surface area contributed by atoms with Crippen LogP contribution in [0.2, 0.25) is 0 Å². The third-order valence-corrected chi connectivity index (χ3v) is 6.98. The number of ether oxygens (including phenoxy) is 1. The van der Waals surface area contributed by atoms with Crippen LogP contribution in [0, 0.1) is 17.3 Å². The highest BCUT2D eigenvalue weighted by Crippen LogP contribution is 2.56. The maximum atomic E-state index is 10.4. The molecule has 0 heterocycles. The number of methoxy groups -OCH3 is 1. The summed E-state index contributed by atoms with van der Waals surface area (Å²) in [4.78, 5) is 0. The van der Waals surface area contributed by atoms with Gasteiger partial charge in [0.05, 0.1) is 13.2 Å². The van der Waals surface area contributed by atoms with Crippen LogP contribution in [0.5, 0.6) is 5.75 Å². The number of aliphatic hydroxyl groups excluding tert-OH is 1. The molecule has 1 N–H and O–H groups in total. The van der Waals surface area contributed by atoms with E-state index in [1.54, 1.807) is 7.11 Å². The predicted molar refractivity (Wildman–Crippen MR) is 117 cm³/mol. The fraction of sp³-hybridized carbons (Fsp3) is 0.333. The number of aryl methyl sites for hydroxylation is 1. The van der Waals surface area contributed by atoms with E-state index in [0.717, 1.165) is 42.6 Å². The summed E-state index contributed by atoms with van der Waals surface area (Å²) in [7, 11) is 1.72. The summed E-state index contributed by atoms with van der Waals surface area (Å²) in [6.07, 6.45) is 3.73. The van der Waals surface area contributed by atoms with E-state index < -0.39 is 0 Å². The molecule has 3 aromatic carbocycles. The van der Waals surface area contributed by atoms with Crippen molar-refractivity contribution in [2.75, 3.05) is 7.11 Å². The normalized spacial score (nSPS) is 25.1. The molecule has 146 valence electrons. The molecule has 3 atom stereocenters. The van der Waals surface area contributed by atoms with Gasteiger partial charge in [-0.3, -0.25) is 0 Å². The first-order valence-electron chi connectivity index (χ1n) is 10.5. The molecule has 2 heteroatoms. The van der Waals surface area contributed by atoms with Gasteiger partial charge >= 0.3 is 0 Å². The van der Waals surface area contributed by atoms with Gasteiger partial charge in [0.15, 0.2) is 0 Å². The maximum absolute atomic E-state index is 10.4. The molecule has 0 bridgehead atoms. The molecule has 29 heavy (non-hydrogen) atoms. The smallest absolute Gasteiger partial charge is 0.119 e. The van der Waals surface area contributed by atoms with Crippen LogP contribution in [0.25, 0.3) is 10.8 Å². The van der Waals surface area contributed by atoms with Crippen molar-refractivity contribution in [2.24, 2.45) is 5.41 Å². The van der Waals surface area contributed by atoms with Crippen molar-refractivity contribution < 1.29 is 9.84 Å². The quantitative estimate of drug-likeness (QED) is 0.568. The van der Waals surface area contributed by atoms with Crippen molar-refractivity contribution >= 4 is 10.8 Å². The van der Waals surface area contributed by atoms with Gasteiger partial charge in [-0.05, 0) is 95.3 Å². The molecular formula is C27H26O2. The molecular weight excluding hydrogens is 356 g/mol. The third kappa shape index (κ3) is 3.11. The maximum Gasteiger partial charge on any atom is 0.119 e. The van der Waals surface area contributed by atoms with Gasteiger partial charge < -0.3 is 9.84 Å². The second-order valence-electron chi connectivity index (χ2n) is 8.82. The highest BCUT2D eigenvalue weighted by atomic mass is 16.5. The van der Waals surface area contributed by atoms with Crippen molar-refractivity contribution in [1.29, 1.82) is 0 Å². The van der Waals surface area contributed by atoms with Gasteiger partial charge in [0, 0.05) is 11.1 Å². The molecule has 0 aliphatic heterocycles. The molecule has 0 spiro atoms. The minimum absolute atomic E-state index is 0.184. The Morgan fingerprint density at radius 2 is 1.86 bits per heavy atom. The van der Waals surface area contributed by atoms with Crippen LogP contribution in [0.1, 0.15) is 54.4 Å². The van der Waals surface area contributed by atoms with Gasteiger partial charge in [-0.15, -0.1) is 0 Å². The molecule has 0 aromatic heterocycles. The van der Waals surface area contributed by atoms with E-state index in [1.807, 2.05) is 36.4 Å². The van der Waals surface area contributed by atoms with Crippen LogP contribution >= 0.6 is 0 Å². The molecule has 1 saturated carbocycles. The Kier molecular flexibility index (Phi) is 4.37. The predicted octanol–water partition coefficient (Wildman–Crippen LogP) is 5.44. The summed E-state index contributed by atoms with van der Waals surface area (Å²) in [6.45, 7) is 2.35. The van der Waals surface area contributed by atoms with E-state index in [9.17, 15) is 5.11 Å². The number of rotatable bonds is 1.